The highest BCUT2D eigenvalue weighted by molar-refractivity contribution is 6.04. The standard InChI is InChI=1S/C25H20N4O3/c1-32-25(31)18-9-7-17(8-10-18)24(30)29-23-16-20(12-14-27-23)19-11-13-26-22(15-19)28-21-5-3-2-4-6-21/h2-16H,1H3,(H,26,28)(H,27,29,30). The van der Waals surface area contributed by atoms with Crippen molar-refractivity contribution in [3.8, 4) is 11.1 Å². The lowest BCUT2D eigenvalue weighted by Gasteiger charge is -2.09. The Kier molecular flexibility index (Phi) is 6.17. The number of para-hydroxylation sites is 1. The number of esters is 1. The third kappa shape index (κ3) is 4.96. The largest absolute Gasteiger partial charge is 0.465 e. The first-order valence-electron chi connectivity index (χ1n) is 9.87. The molecule has 2 aromatic carbocycles. The molecule has 32 heavy (non-hydrogen) atoms. The van der Waals surface area contributed by atoms with Crippen LogP contribution >= 0.6 is 0 Å². The van der Waals surface area contributed by atoms with Crippen molar-refractivity contribution in [1.29, 1.82) is 0 Å². The molecule has 4 rings (SSSR count). The van der Waals surface area contributed by atoms with E-state index in [-0.39, 0.29) is 5.91 Å². The molecule has 158 valence electrons. The van der Waals surface area contributed by atoms with Crippen LogP contribution in [-0.4, -0.2) is 29.0 Å². The maximum atomic E-state index is 12.6. The summed E-state index contributed by atoms with van der Waals surface area (Å²) in [5, 5.41) is 6.06. The number of anilines is 3. The molecule has 0 bridgehead atoms. The fourth-order valence-corrected chi connectivity index (χ4v) is 3.09. The van der Waals surface area contributed by atoms with Crippen LogP contribution in [0.5, 0.6) is 0 Å². The molecule has 0 fully saturated rings. The number of nitrogens with one attached hydrogen (secondary N) is 2. The zero-order valence-corrected chi connectivity index (χ0v) is 17.3. The van der Waals surface area contributed by atoms with E-state index in [2.05, 4.69) is 25.3 Å². The number of amides is 1. The molecule has 1 amide bonds. The van der Waals surface area contributed by atoms with Gasteiger partial charge in [-0.3, -0.25) is 4.79 Å². The predicted octanol–water partition coefficient (Wildman–Crippen LogP) is 4.93. The number of ether oxygens (including phenoxy) is 1. The Balaban J connectivity index is 1.49. The molecule has 0 aliphatic carbocycles. The Morgan fingerprint density at radius 1 is 0.750 bits per heavy atom. The van der Waals surface area contributed by atoms with Crippen LogP contribution in [0.2, 0.25) is 0 Å². The number of methoxy groups -OCH3 is 1. The summed E-state index contributed by atoms with van der Waals surface area (Å²) in [6, 6.07) is 23.5. The topological polar surface area (TPSA) is 93.2 Å². The van der Waals surface area contributed by atoms with Gasteiger partial charge in [0.15, 0.2) is 0 Å². The molecule has 7 heteroatoms. The van der Waals surface area contributed by atoms with Gasteiger partial charge in [-0.1, -0.05) is 18.2 Å². The Morgan fingerprint density at radius 2 is 1.34 bits per heavy atom. The van der Waals surface area contributed by atoms with Crippen LogP contribution in [0.3, 0.4) is 0 Å². The van der Waals surface area contributed by atoms with E-state index in [1.165, 1.54) is 7.11 Å². The quantitative estimate of drug-likeness (QED) is 0.427. The molecule has 7 nitrogen and oxygen atoms in total. The van der Waals surface area contributed by atoms with Crippen molar-refractivity contribution < 1.29 is 14.3 Å². The SMILES string of the molecule is COC(=O)c1ccc(C(=O)Nc2cc(-c3ccnc(Nc4ccccc4)c3)ccn2)cc1. The highest BCUT2D eigenvalue weighted by Gasteiger charge is 2.11. The maximum absolute atomic E-state index is 12.6. The molecule has 0 saturated carbocycles. The zero-order valence-electron chi connectivity index (χ0n) is 17.3. The van der Waals surface area contributed by atoms with Crippen LogP contribution in [-0.2, 0) is 4.74 Å². The number of hydrogen-bond acceptors (Lipinski definition) is 6. The summed E-state index contributed by atoms with van der Waals surface area (Å²) in [6.07, 6.45) is 3.36. The minimum absolute atomic E-state index is 0.327. The van der Waals surface area contributed by atoms with Gasteiger partial charge in [0.05, 0.1) is 12.7 Å². The number of aromatic nitrogens is 2. The highest BCUT2D eigenvalue weighted by Crippen LogP contribution is 2.24. The van der Waals surface area contributed by atoms with Gasteiger partial charge < -0.3 is 15.4 Å². The second-order valence-corrected chi connectivity index (χ2v) is 6.87. The molecule has 0 spiro atoms. The van der Waals surface area contributed by atoms with Crippen molar-refractivity contribution in [3.63, 3.8) is 0 Å². The number of hydrogen-bond donors (Lipinski definition) is 2. The van der Waals surface area contributed by atoms with Crippen LogP contribution < -0.4 is 10.6 Å². The molecular formula is C25H20N4O3. The van der Waals surface area contributed by atoms with Crippen molar-refractivity contribution in [2.24, 2.45) is 0 Å². The Labute approximate surface area is 185 Å². The number of benzene rings is 2. The smallest absolute Gasteiger partial charge is 0.337 e. The van der Waals surface area contributed by atoms with Gasteiger partial charge in [0.2, 0.25) is 0 Å². The van der Waals surface area contributed by atoms with Crippen LogP contribution in [0.15, 0.2) is 91.3 Å². The summed E-state index contributed by atoms with van der Waals surface area (Å²) >= 11 is 0. The molecule has 0 atom stereocenters. The van der Waals surface area contributed by atoms with E-state index in [4.69, 9.17) is 0 Å². The van der Waals surface area contributed by atoms with Crippen molar-refractivity contribution in [2.45, 2.75) is 0 Å². The Bertz CT molecular complexity index is 1240. The van der Waals surface area contributed by atoms with Gasteiger partial charge in [0.25, 0.3) is 5.91 Å². The monoisotopic (exact) mass is 424 g/mol. The molecule has 4 aromatic rings. The first-order chi connectivity index (χ1) is 15.6. The summed E-state index contributed by atoms with van der Waals surface area (Å²) in [5.74, 6) is 0.345. The van der Waals surface area contributed by atoms with Gasteiger partial charge in [-0.2, -0.15) is 0 Å². The summed E-state index contributed by atoms with van der Waals surface area (Å²) in [7, 11) is 1.31. The summed E-state index contributed by atoms with van der Waals surface area (Å²) < 4.78 is 4.67. The minimum Gasteiger partial charge on any atom is -0.465 e. The lowest BCUT2D eigenvalue weighted by atomic mass is 10.1. The van der Waals surface area contributed by atoms with Crippen LogP contribution in [0.1, 0.15) is 20.7 Å². The van der Waals surface area contributed by atoms with Gasteiger partial charge in [-0.05, 0) is 71.8 Å². The molecule has 0 saturated heterocycles. The van der Waals surface area contributed by atoms with Gasteiger partial charge >= 0.3 is 5.97 Å². The number of pyridine rings is 2. The normalized spacial score (nSPS) is 10.3. The molecule has 2 N–H and O–H groups in total. The van der Waals surface area contributed by atoms with Crippen LogP contribution in [0, 0.1) is 0 Å². The Hall–Kier alpha value is -4.52. The number of rotatable bonds is 6. The van der Waals surface area contributed by atoms with Crippen molar-refractivity contribution >= 4 is 29.2 Å². The fraction of sp³-hybridized carbons (Fsp3) is 0.0400. The van der Waals surface area contributed by atoms with E-state index in [0.717, 1.165) is 16.8 Å². The summed E-state index contributed by atoms with van der Waals surface area (Å²) in [5.41, 5.74) is 3.54. The average molecular weight is 424 g/mol. The third-order valence-corrected chi connectivity index (χ3v) is 4.71. The molecule has 0 aliphatic heterocycles. The summed E-state index contributed by atoms with van der Waals surface area (Å²) in [6.45, 7) is 0. The lowest BCUT2D eigenvalue weighted by Crippen LogP contribution is -2.13. The van der Waals surface area contributed by atoms with E-state index in [0.29, 0.717) is 22.8 Å². The Morgan fingerprint density at radius 3 is 2.00 bits per heavy atom. The maximum Gasteiger partial charge on any atom is 0.337 e. The van der Waals surface area contributed by atoms with Gasteiger partial charge in [-0.15, -0.1) is 0 Å². The van der Waals surface area contributed by atoms with E-state index in [1.807, 2.05) is 48.5 Å². The first kappa shape index (κ1) is 20.7. The van der Waals surface area contributed by atoms with Crippen LogP contribution in [0.4, 0.5) is 17.3 Å². The molecule has 0 unspecified atom stereocenters. The van der Waals surface area contributed by atoms with E-state index in [9.17, 15) is 9.59 Å². The molecule has 0 aliphatic rings. The molecule has 0 radical (unpaired) electrons. The summed E-state index contributed by atoms with van der Waals surface area (Å²) in [4.78, 5) is 32.7. The van der Waals surface area contributed by atoms with Crippen molar-refractivity contribution in [3.05, 3.63) is 102 Å². The third-order valence-electron chi connectivity index (χ3n) is 4.71. The van der Waals surface area contributed by atoms with Crippen LogP contribution in [0.25, 0.3) is 11.1 Å². The minimum atomic E-state index is -0.454. The van der Waals surface area contributed by atoms with Gasteiger partial charge in [0, 0.05) is 23.6 Å². The van der Waals surface area contributed by atoms with E-state index in [1.54, 1.807) is 42.7 Å². The fourth-order valence-electron chi connectivity index (χ4n) is 3.09. The zero-order chi connectivity index (χ0) is 22.3. The highest BCUT2D eigenvalue weighted by atomic mass is 16.5. The van der Waals surface area contributed by atoms with Crippen molar-refractivity contribution in [2.75, 3.05) is 17.7 Å². The van der Waals surface area contributed by atoms with E-state index >= 15 is 0 Å². The molecule has 2 heterocycles. The van der Waals surface area contributed by atoms with E-state index < -0.39 is 5.97 Å². The molecule has 2 aromatic heterocycles. The second kappa shape index (κ2) is 9.53. The second-order valence-electron chi connectivity index (χ2n) is 6.87. The number of carbonyl (C=O) groups excluding carboxylic acids is 2. The van der Waals surface area contributed by atoms with Crippen molar-refractivity contribution in [1.82, 2.24) is 9.97 Å². The lowest BCUT2D eigenvalue weighted by molar-refractivity contribution is 0.0600. The van der Waals surface area contributed by atoms with Gasteiger partial charge in [-0.25, -0.2) is 14.8 Å². The number of nitrogens with zero attached hydrogens (tertiary/aromatic N) is 2. The molecular weight excluding hydrogens is 404 g/mol. The predicted molar refractivity (Wildman–Crippen MR) is 123 cm³/mol. The number of carbonyl (C=O) groups is 2. The first-order valence-corrected chi connectivity index (χ1v) is 9.87. The van der Waals surface area contributed by atoms with Gasteiger partial charge in [0.1, 0.15) is 11.6 Å². The average Bonchev–Trinajstić information content (AvgIpc) is 2.84.